The van der Waals surface area contributed by atoms with E-state index >= 15 is 0 Å². The van der Waals surface area contributed by atoms with Gasteiger partial charge in [-0.2, -0.15) is 0 Å². The molecule has 3 aliphatic rings. The van der Waals surface area contributed by atoms with Crippen molar-refractivity contribution in [1.29, 1.82) is 0 Å². The molecule has 0 aromatic rings. The van der Waals surface area contributed by atoms with Crippen LogP contribution in [0.3, 0.4) is 0 Å². The van der Waals surface area contributed by atoms with Gasteiger partial charge in [0, 0.05) is 25.2 Å². The number of sulfonamides is 1. The van der Waals surface area contributed by atoms with E-state index in [2.05, 4.69) is 4.72 Å². The molecule has 0 radical (unpaired) electrons. The Hall–Kier alpha value is -0.210. The molecule has 2 saturated heterocycles. The molecule has 3 N–H and O–H groups in total. The summed E-state index contributed by atoms with van der Waals surface area (Å²) in [6.07, 6.45) is 3.61. The third-order valence-electron chi connectivity index (χ3n) is 4.42. The Labute approximate surface area is 114 Å². The third kappa shape index (κ3) is 2.80. The molecule has 3 fully saturated rings. The molecule has 3 rings (SSSR count). The van der Waals surface area contributed by atoms with Crippen LogP contribution in [0.25, 0.3) is 0 Å². The number of hydrogen-bond donors (Lipinski definition) is 2. The van der Waals surface area contributed by atoms with Crippen molar-refractivity contribution in [3.05, 3.63) is 0 Å². The summed E-state index contributed by atoms with van der Waals surface area (Å²) in [6.45, 7) is 1.37. The Morgan fingerprint density at radius 3 is 2.63 bits per heavy atom. The molecule has 0 amide bonds. The van der Waals surface area contributed by atoms with Gasteiger partial charge in [-0.3, -0.25) is 0 Å². The first-order valence-corrected chi connectivity index (χ1v) is 8.71. The predicted molar refractivity (Wildman–Crippen MR) is 70.1 cm³/mol. The lowest BCUT2D eigenvalue weighted by Gasteiger charge is -2.52. The molecule has 2 heterocycles. The van der Waals surface area contributed by atoms with Crippen molar-refractivity contribution in [3.63, 3.8) is 0 Å². The fraction of sp³-hybridized carbons (Fsp3) is 1.00. The number of fused-ring (bicyclic) bond motifs is 1. The van der Waals surface area contributed by atoms with E-state index in [4.69, 9.17) is 15.2 Å². The number of rotatable bonds is 4. The van der Waals surface area contributed by atoms with Gasteiger partial charge in [-0.05, 0) is 25.7 Å². The molecule has 1 saturated carbocycles. The molecule has 2 aliphatic heterocycles. The Morgan fingerprint density at radius 2 is 1.89 bits per heavy atom. The van der Waals surface area contributed by atoms with Crippen LogP contribution in [-0.4, -0.2) is 51.7 Å². The Kier molecular flexibility index (Phi) is 3.83. The normalized spacial score (nSPS) is 42.7. The maximum absolute atomic E-state index is 12.1. The molecule has 110 valence electrons. The zero-order valence-corrected chi connectivity index (χ0v) is 11.8. The van der Waals surface area contributed by atoms with Gasteiger partial charge in [0.15, 0.2) is 0 Å². The van der Waals surface area contributed by atoms with E-state index in [-0.39, 0.29) is 30.0 Å². The van der Waals surface area contributed by atoms with Crippen LogP contribution in [-0.2, 0) is 19.5 Å². The largest absolute Gasteiger partial charge is 0.377 e. The van der Waals surface area contributed by atoms with Crippen molar-refractivity contribution in [2.24, 2.45) is 11.7 Å². The number of nitrogens with one attached hydrogen (secondary N) is 1. The lowest BCUT2D eigenvalue weighted by Crippen LogP contribution is -2.72. The lowest BCUT2D eigenvalue weighted by atomic mass is 9.69. The zero-order valence-electron chi connectivity index (χ0n) is 11.0. The number of ether oxygens (including phenoxy) is 2. The van der Waals surface area contributed by atoms with Crippen LogP contribution in [0.2, 0.25) is 0 Å². The fourth-order valence-corrected chi connectivity index (χ4v) is 4.92. The van der Waals surface area contributed by atoms with Crippen molar-refractivity contribution in [3.8, 4) is 0 Å². The predicted octanol–water partition coefficient (Wildman–Crippen LogP) is -0.410. The fourth-order valence-electron chi connectivity index (χ4n) is 3.37. The Balaban J connectivity index is 1.57. The molecular weight excluding hydrogens is 268 g/mol. The SMILES string of the molecule is NC1C2CCCOC2C1NS(=O)(=O)CC1CCCO1. The summed E-state index contributed by atoms with van der Waals surface area (Å²) in [7, 11) is -3.34. The van der Waals surface area contributed by atoms with Gasteiger partial charge in [-0.25, -0.2) is 13.1 Å². The third-order valence-corrected chi connectivity index (χ3v) is 5.86. The smallest absolute Gasteiger partial charge is 0.214 e. The van der Waals surface area contributed by atoms with E-state index in [1.54, 1.807) is 0 Å². The summed E-state index contributed by atoms with van der Waals surface area (Å²) in [6, 6.07) is -0.388. The van der Waals surface area contributed by atoms with Gasteiger partial charge in [0.25, 0.3) is 0 Å². The van der Waals surface area contributed by atoms with E-state index < -0.39 is 10.0 Å². The van der Waals surface area contributed by atoms with Crippen LogP contribution in [0, 0.1) is 5.92 Å². The molecule has 6 nitrogen and oxygen atoms in total. The van der Waals surface area contributed by atoms with Crippen molar-refractivity contribution in [2.75, 3.05) is 19.0 Å². The summed E-state index contributed by atoms with van der Waals surface area (Å²) >= 11 is 0. The maximum Gasteiger partial charge on any atom is 0.214 e. The first-order chi connectivity index (χ1) is 9.07. The van der Waals surface area contributed by atoms with E-state index in [1.165, 1.54) is 0 Å². The van der Waals surface area contributed by atoms with E-state index in [1.807, 2.05) is 0 Å². The van der Waals surface area contributed by atoms with Crippen LogP contribution in [0.4, 0.5) is 0 Å². The van der Waals surface area contributed by atoms with E-state index in [9.17, 15) is 8.42 Å². The highest BCUT2D eigenvalue weighted by molar-refractivity contribution is 7.89. The summed E-state index contributed by atoms with van der Waals surface area (Å²) in [4.78, 5) is 0. The molecule has 0 aromatic heterocycles. The first kappa shape index (κ1) is 13.8. The van der Waals surface area contributed by atoms with Crippen LogP contribution in [0.5, 0.6) is 0 Å². The molecule has 0 bridgehead atoms. The van der Waals surface area contributed by atoms with Gasteiger partial charge in [0.1, 0.15) is 0 Å². The van der Waals surface area contributed by atoms with Gasteiger partial charge in [0.2, 0.25) is 10.0 Å². The molecule has 19 heavy (non-hydrogen) atoms. The highest BCUT2D eigenvalue weighted by atomic mass is 32.2. The monoisotopic (exact) mass is 290 g/mol. The van der Waals surface area contributed by atoms with Gasteiger partial charge in [-0.15, -0.1) is 0 Å². The molecule has 0 aromatic carbocycles. The van der Waals surface area contributed by atoms with Crippen molar-refractivity contribution in [1.82, 2.24) is 4.72 Å². The summed E-state index contributed by atoms with van der Waals surface area (Å²) in [5.74, 6) is 0.345. The molecule has 7 heteroatoms. The molecule has 5 unspecified atom stereocenters. The topological polar surface area (TPSA) is 90.6 Å². The lowest BCUT2D eigenvalue weighted by molar-refractivity contribution is -0.114. The first-order valence-electron chi connectivity index (χ1n) is 7.05. The van der Waals surface area contributed by atoms with Gasteiger partial charge in [0.05, 0.1) is 24.0 Å². The highest BCUT2D eigenvalue weighted by Gasteiger charge is 2.51. The minimum Gasteiger partial charge on any atom is -0.377 e. The van der Waals surface area contributed by atoms with Gasteiger partial charge < -0.3 is 15.2 Å². The average molecular weight is 290 g/mol. The van der Waals surface area contributed by atoms with Gasteiger partial charge in [-0.1, -0.05) is 0 Å². The Bertz CT molecular complexity index is 421. The summed E-state index contributed by atoms with van der Waals surface area (Å²) in [5, 5.41) is 0. The minimum absolute atomic E-state index is 0.0353. The van der Waals surface area contributed by atoms with Crippen molar-refractivity contribution in [2.45, 2.75) is 50.0 Å². The van der Waals surface area contributed by atoms with Crippen LogP contribution < -0.4 is 10.5 Å². The average Bonchev–Trinajstić information content (AvgIpc) is 2.88. The van der Waals surface area contributed by atoms with Crippen molar-refractivity contribution >= 4 is 10.0 Å². The minimum atomic E-state index is -3.34. The molecular formula is C12H22N2O4S. The van der Waals surface area contributed by atoms with Crippen LogP contribution in [0.1, 0.15) is 25.7 Å². The number of hydrogen-bond acceptors (Lipinski definition) is 5. The van der Waals surface area contributed by atoms with Gasteiger partial charge >= 0.3 is 0 Å². The maximum atomic E-state index is 12.1. The van der Waals surface area contributed by atoms with Crippen LogP contribution >= 0.6 is 0 Å². The summed E-state index contributed by atoms with van der Waals surface area (Å²) in [5.41, 5.74) is 6.05. The highest BCUT2D eigenvalue weighted by Crippen LogP contribution is 2.37. The second kappa shape index (κ2) is 5.29. The molecule has 0 spiro atoms. The standard InChI is InChI=1S/C12H22N2O4S/c13-10-9-4-2-6-18-12(9)11(10)14-19(15,16)7-8-3-1-5-17-8/h8-12,14H,1-7,13H2. The quantitative estimate of drug-likeness (QED) is 0.734. The van der Waals surface area contributed by atoms with E-state index in [0.717, 1.165) is 25.7 Å². The van der Waals surface area contributed by atoms with Crippen molar-refractivity contribution < 1.29 is 17.9 Å². The number of nitrogens with two attached hydrogens (primary N) is 1. The van der Waals surface area contributed by atoms with E-state index in [0.29, 0.717) is 19.1 Å². The molecule has 5 atom stereocenters. The molecule has 1 aliphatic carbocycles. The second-order valence-electron chi connectivity index (χ2n) is 5.78. The second-order valence-corrected chi connectivity index (χ2v) is 7.58. The Morgan fingerprint density at radius 1 is 1.16 bits per heavy atom. The zero-order chi connectivity index (χ0) is 13.5. The summed E-state index contributed by atoms with van der Waals surface area (Å²) < 4.78 is 37.9. The van der Waals surface area contributed by atoms with Crippen LogP contribution in [0.15, 0.2) is 0 Å².